The van der Waals surface area contributed by atoms with Gasteiger partial charge in [0.25, 0.3) is 0 Å². The molecule has 0 aromatic heterocycles. The monoisotopic (exact) mass is 177 g/mol. The van der Waals surface area contributed by atoms with Gasteiger partial charge >= 0.3 is 63.4 Å². The van der Waals surface area contributed by atoms with Crippen molar-refractivity contribution in [2.45, 2.75) is 0 Å². The second kappa shape index (κ2) is 3.51. The fourth-order valence-electron chi connectivity index (χ4n) is 0.660. The van der Waals surface area contributed by atoms with Crippen LogP contribution in [0.1, 0.15) is 5.56 Å². The van der Waals surface area contributed by atoms with E-state index in [0.29, 0.717) is 0 Å². The van der Waals surface area contributed by atoms with Crippen molar-refractivity contribution in [2.24, 2.45) is 0 Å². The summed E-state index contributed by atoms with van der Waals surface area (Å²) in [6.07, 6.45) is 2.08. The van der Waals surface area contributed by atoms with E-state index in [2.05, 4.69) is 18.2 Å². The molecular weight excluding hydrogens is 169 g/mol. The molecule has 0 fully saturated rings. The quantitative estimate of drug-likeness (QED) is 0.572. The van der Waals surface area contributed by atoms with Gasteiger partial charge in [-0.1, -0.05) is 0 Å². The molecule has 1 rings (SSSR count). The molecule has 43 valence electrons. The van der Waals surface area contributed by atoms with Gasteiger partial charge in [-0.05, 0) is 0 Å². The Balaban J connectivity index is 2.85. The van der Waals surface area contributed by atoms with Crippen LogP contribution in [-0.4, -0.2) is 16.5 Å². The second-order valence-electron chi connectivity index (χ2n) is 1.74. The number of rotatable bonds is 1. The predicted octanol–water partition coefficient (Wildman–Crippen LogP) is 1.83. The van der Waals surface area contributed by atoms with E-state index in [9.17, 15) is 0 Å². The third kappa shape index (κ3) is 2.06. The number of benzene rings is 1. The summed E-state index contributed by atoms with van der Waals surface area (Å²) in [5.41, 5.74) is 1.26. The van der Waals surface area contributed by atoms with Crippen LogP contribution in [0.25, 0.3) is 6.08 Å². The first kappa shape index (κ1) is 6.62. The van der Waals surface area contributed by atoms with Gasteiger partial charge in [-0.2, -0.15) is 0 Å². The van der Waals surface area contributed by atoms with E-state index in [0.717, 1.165) is 0 Å². The fraction of sp³-hybridized carbons (Fsp3) is 0. The molecule has 9 heavy (non-hydrogen) atoms. The Morgan fingerprint density at radius 3 is 2.33 bits per heavy atom. The van der Waals surface area contributed by atoms with Crippen molar-refractivity contribution in [1.82, 2.24) is 0 Å². The third-order valence-corrected chi connectivity index (χ3v) is 1.43. The van der Waals surface area contributed by atoms with Crippen molar-refractivity contribution in [3.8, 4) is 0 Å². The van der Waals surface area contributed by atoms with Crippen LogP contribution in [0.3, 0.4) is 0 Å². The zero-order valence-electron chi connectivity index (χ0n) is 5.04. The molecule has 0 saturated carbocycles. The minimum absolute atomic E-state index is 1.26. The molecule has 0 aliphatic carbocycles. The van der Waals surface area contributed by atoms with E-state index in [1.807, 2.05) is 39.6 Å². The van der Waals surface area contributed by atoms with Gasteiger partial charge < -0.3 is 0 Å². The first-order chi connectivity index (χ1) is 4.43. The van der Waals surface area contributed by atoms with Gasteiger partial charge in [0, 0.05) is 0 Å². The van der Waals surface area contributed by atoms with Crippen molar-refractivity contribution in [3.63, 3.8) is 0 Å². The van der Waals surface area contributed by atoms with Gasteiger partial charge in [0.2, 0.25) is 0 Å². The van der Waals surface area contributed by atoms with Gasteiger partial charge in [-0.25, -0.2) is 0 Å². The summed E-state index contributed by atoms with van der Waals surface area (Å²) in [6.45, 7) is 0. The number of hydrogen-bond donors (Lipinski definition) is 0. The molecule has 0 bridgehead atoms. The molecule has 0 saturated heterocycles. The molecule has 1 aromatic rings. The Kier molecular flexibility index (Phi) is 2.58. The number of hydrogen-bond acceptors (Lipinski definition) is 0. The van der Waals surface area contributed by atoms with Crippen LogP contribution in [0, 0.1) is 0 Å². The molecule has 3 radical (unpaired) electrons. The Morgan fingerprint density at radius 2 is 1.78 bits per heavy atom. The van der Waals surface area contributed by atoms with Gasteiger partial charge in [0.15, 0.2) is 0 Å². The van der Waals surface area contributed by atoms with E-state index in [1.165, 1.54) is 5.56 Å². The molecule has 0 heterocycles. The SMILES string of the molecule is [Ge]/[CH]=C/c1ccccc1. The van der Waals surface area contributed by atoms with Crippen LogP contribution >= 0.6 is 0 Å². The van der Waals surface area contributed by atoms with Crippen LogP contribution in [0.4, 0.5) is 0 Å². The molecule has 0 amide bonds. The van der Waals surface area contributed by atoms with Crippen molar-refractivity contribution in [1.29, 1.82) is 0 Å². The van der Waals surface area contributed by atoms with Gasteiger partial charge in [0.05, 0.1) is 0 Å². The maximum atomic E-state index is 2.08. The standard InChI is InChI=1S/C8H7Ge/c9-7-6-8-4-2-1-3-5-8/h1-7H/b7-6+. The molecule has 1 heteroatoms. The average molecular weight is 176 g/mol. The van der Waals surface area contributed by atoms with Crippen LogP contribution in [0.2, 0.25) is 0 Å². The Labute approximate surface area is 63.8 Å². The normalized spacial score (nSPS) is 10.3. The maximum absolute atomic E-state index is 2.08. The van der Waals surface area contributed by atoms with Crippen LogP contribution in [0.5, 0.6) is 0 Å². The molecule has 0 atom stereocenters. The van der Waals surface area contributed by atoms with Crippen molar-refractivity contribution < 1.29 is 0 Å². The van der Waals surface area contributed by atoms with Crippen molar-refractivity contribution >= 4 is 22.6 Å². The first-order valence-corrected chi connectivity index (χ1v) is 4.03. The van der Waals surface area contributed by atoms with Crippen LogP contribution in [-0.2, 0) is 0 Å². The molecule has 0 aliphatic rings. The summed E-state index contributed by atoms with van der Waals surface area (Å²) in [5, 5.41) is 0. The van der Waals surface area contributed by atoms with E-state index in [1.54, 1.807) is 0 Å². The minimum atomic E-state index is 1.26. The molecular formula is C8H7Ge. The van der Waals surface area contributed by atoms with Gasteiger partial charge in [0.1, 0.15) is 0 Å². The molecule has 0 spiro atoms. The summed E-state index contributed by atoms with van der Waals surface area (Å²) in [5.74, 6) is 0. The molecule has 0 nitrogen and oxygen atoms in total. The summed E-state index contributed by atoms with van der Waals surface area (Å²) in [6, 6.07) is 10.3. The zero-order valence-corrected chi connectivity index (χ0v) is 7.14. The van der Waals surface area contributed by atoms with E-state index >= 15 is 0 Å². The Morgan fingerprint density at radius 1 is 1.11 bits per heavy atom. The summed E-state index contributed by atoms with van der Waals surface area (Å²) >= 11 is 2.02. The summed E-state index contributed by atoms with van der Waals surface area (Å²) in [4.78, 5) is 2.04. The van der Waals surface area contributed by atoms with E-state index < -0.39 is 0 Å². The van der Waals surface area contributed by atoms with Gasteiger partial charge in [-0.15, -0.1) is 0 Å². The topological polar surface area (TPSA) is 0 Å². The molecule has 0 unspecified atom stereocenters. The molecule has 0 N–H and O–H groups in total. The van der Waals surface area contributed by atoms with Crippen molar-refractivity contribution in [3.05, 3.63) is 40.8 Å². The molecule has 1 aromatic carbocycles. The third-order valence-electron chi connectivity index (χ3n) is 1.08. The predicted molar refractivity (Wildman–Crippen MR) is 41.2 cm³/mol. The van der Waals surface area contributed by atoms with E-state index in [4.69, 9.17) is 0 Å². The second-order valence-corrected chi connectivity index (χ2v) is 2.44. The van der Waals surface area contributed by atoms with Crippen LogP contribution in [0.15, 0.2) is 35.2 Å². The van der Waals surface area contributed by atoms with E-state index in [-0.39, 0.29) is 0 Å². The summed E-state index contributed by atoms with van der Waals surface area (Å²) in [7, 11) is 0. The van der Waals surface area contributed by atoms with Crippen molar-refractivity contribution in [2.75, 3.05) is 0 Å². The van der Waals surface area contributed by atoms with Crippen LogP contribution < -0.4 is 0 Å². The summed E-state index contributed by atoms with van der Waals surface area (Å²) < 4.78 is 0. The van der Waals surface area contributed by atoms with Gasteiger partial charge in [-0.3, -0.25) is 0 Å². The Bertz CT molecular complexity index is 189. The molecule has 0 aliphatic heterocycles. The fourth-order valence-corrected chi connectivity index (χ4v) is 1.06. The first-order valence-electron chi connectivity index (χ1n) is 2.82. The average Bonchev–Trinajstić information content (AvgIpc) is 1.91. The Hall–Kier alpha value is -0.497. The zero-order chi connectivity index (χ0) is 6.53.